The van der Waals surface area contributed by atoms with Gasteiger partial charge in [0.2, 0.25) is 0 Å². The number of furan rings is 1. The second-order valence-corrected chi connectivity index (χ2v) is 5.61. The van der Waals surface area contributed by atoms with Crippen LogP contribution in [0, 0.1) is 0 Å². The predicted molar refractivity (Wildman–Crippen MR) is 84.0 cm³/mol. The first-order chi connectivity index (χ1) is 10.2. The number of fused-ring (bicyclic) bond motifs is 1. The van der Waals surface area contributed by atoms with Gasteiger partial charge in [0.15, 0.2) is 0 Å². The second-order valence-electron chi connectivity index (χ2n) is 4.76. The molecule has 6 heteroatoms. The van der Waals surface area contributed by atoms with Crippen LogP contribution in [0.2, 0.25) is 0 Å². The first-order valence-electron chi connectivity index (χ1n) is 6.64. The third kappa shape index (κ3) is 2.62. The molecule has 3 aromatic rings. The van der Waals surface area contributed by atoms with Gasteiger partial charge in [-0.25, -0.2) is 0 Å². The van der Waals surface area contributed by atoms with E-state index in [2.05, 4.69) is 21.0 Å². The number of nitrogens with zero attached hydrogens (tertiary/aromatic N) is 2. The highest BCUT2D eigenvalue weighted by atomic mass is 79.9. The fourth-order valence-corrected chi connectivity index (χ4v) is 2.97. The number of benzene rings is 1. The molecule has 0 radical (unpaired) electrons. The third-order valence-electron chi connectivity index (χ3n) is 3.48. The van der Waals surface area contributed by atoms with Gasteiger partial charge in [-0.1, -0.05) is 18.2 Å². The molecule has 0 saturated heterocycles. The van der Waals surface area contributed by atoms with E-state index in [9.17, 15) is 0 Å². The van der Waals surface area contributed by atoms with E-state index in [1.54, 1.807) is 19.6 Å². The van der Waals surface area contributed by atoms with Gasteiger partial charge >= 0.3 is 0 Å². The minimum atomic E-state index is -0.317. The Morgan fingerprint density at radius 3 is 3.05 bits per heavy atom. The number of nitrogens with two attached hydrogens (primary N) is 1. The zero-order chi connectivity index (χ0) is 14.8. The average molecular weight is 350 g/mol. The molecule has 110 valence electrons. The number of methoxy groups -OCH3 is 1. The summed E-state index contributed by atoms with van der Waals surface area (Å²) in [5, 5.41) is 5.37. The van der Waals surface area contributed by atoms with Crippen molar-refractivity contribution in [2.24, 2.45) is 5.73 Å². The molecule has 21 heavy (non-hydrogen) atoms. The Morgan fingerprint density at radius 2 is 2.24 bits per heavy atom. The van der Waals surface area contributed by atoms with Crippen molar-refractivity contribution in [2.45, 2.75) is 12.6 Å². The Kier molecular flexibility index (Phi) is 4.10. The largest absolute Gasteiger partial charge is 0.464 e. The Bertz CT molecular complexity index is 750. The lowest BCUT2D eigenvalue weighted by atomic mass is 10.0. The van der Waals surface area contributed by atoms with E-state index in [-0.39, 0.29) is 6.04 Å². The molecule has 0 spiro atoms. The van der Waals surface area contributed by atoms with E-state index in [0.717, 1.165) is 26.7 Å². The first-order valence-corrected chi connectivity index (χ1v) is 7.43. The standard InChI is InChI=1S/C15H16BrN3O2/c1-20-7-6-19-15(12(16)8-18-19)14(17)11-9-21-13-5-3-2-4-10(11)13/h2-5,8-9,14H,6-7,17H2,1H3. The zero-order valence-corrected chi connectivity index (χ0v) is 13.2. The van der Waals surface area contributed by atoms with Crippen LogP contribution in [0.3, 0.4) is 0 Å². The van der Waals surface area contributed by atoms with E-state index >= 15 is 0 Å². The molecule has 2 heterocycles. The maximum atomic E-state index is 6.45. The zero-order valence-electron chi connectivity index (χ0n) is 11.6. The van der Waals surface area contributed by atoms with E-state index in [1.165, 1.54) is 0 Å². The van der Waals surface area contributed by atoms with Crippen LogP contribution in [0.15, 0.2) is 45.6 Å². The summed E-state index contributed by atoms with van der Waals surface area (Å²) in [7, 11) is 1.67. The van der Waals surface area contributed by atoms with Crippen LogP contribution in [0.4, 0.5) is 0 Å². The number of hydrogen-bond acceptors (Lipinski definition) is 4. The van der Waals surface area contributed by atoms with Crippen LogP contribution in [-0.2, 0) is 11.3 Å². The first kappa shape index (κ1) is 14.3. The molecule has 2 aromatic heterocycles. The van der Waals surface area contributed by atoms with Gasteiger partial charge in [0, 0.05) is 18.1 Å². The van der Waals surface area contributed by atoms with Crippen molar-refractivity contribution >= 4 is 26.9 Å². The number of rotatable bonds is 5. The van der Waals surface area contributed by atoms with Crippen LogP contribution in [0.5, 0.6) is 0 Å². The number of aromatic nitrogens is 2. The van der Waals surface area contributed by atoms with Crippen molar-refractivity contribution in [3.63, 3.8) is 0 Å². The summed E-state index contributed by atoms with van der Waals surface area (Å²) >= 11 is 3.52. The van der Waals surface area contributed by atoms with Crippen LogP contribution < -0.4 is 5.73 Å². The molecular weight excluding hydrogens is 334 g/mol. The summed E-state index contributed by atoms with van der Waals surface area (Å²) in [4.78, 5) is 0. The Labute approximate surface area is 130 Å². The summed E-state index contributed by atoms with van der Waals surface area (Å²) in [5.41, 5.74) is 9.15. The quantitative estimate of drug-likeness (QED) is 0.768. The van der Waals surface area contributed by atoms with Gasteiger partial charge in [-0.05, 0) is 22.0 Å². The minimum Gasteiger partial charge on any atom is -0.464 e. The van der Waals surface area contributed by atoms with Gasteiger partial charge in [0.1, 0.15) is 5.58 Å². The van der Waals surface area contributed by atoms with Crippen molar-refractivity contribution in [1.82, 2.24) is 9.78 Å². The normalized spacial score (nSPS) is 12.9. The molecule has 1 unspecified atom stereocenters. The molecule has 1 aromatic carbocycles. The molecular formula is C15H16BrN3O2. The van der Waals surface area contributed by atoms with E-state index < -0.39 is 0 Å². The number of halogens is 1. The van der Waals surface area contributed by atoms with Crippen LogP contribution >= 0.6 is 15.9 Å². The molecule has 0 amide bonds. The molecule has 0 aliphatic heterocycles. The molecule has 5 nitrogen and oxygen atoms in total. The van der Waals surface area contributed by atoms with Crippen molar-refractivity contribution in [1.29, 1.82) is 0 Å². The van der Waals surface area contributed by atoms with Crippen molar-refractivity contribution in [3.05, 3.63) is 52.5 Å². The Morgan fingerprint density at radius 1 is 1.43 bits per heavy atom. The van der Waals surface area contributed by atoms with Crippen molar-refractivity contribution in [3.8, 4) is 0 Å². The minimum absolute atomic E-state index is 0.317. The predicted octanol–water partition coefficient (Wildman–Crippen LogP) is 3.09. The fraction of sp³-hybridized carbons (Fsp3) is 0.267. The lowest BCUT2D eigenvalue weighted by Gasteiger charge is -2.14. The fourth-order valence-electron chi connectivity index (χ4n) is 2.42. The summed E-state index contributed by atoms with van der Waals surface area (Å²) in [6, 6.07) is 7.55. The van der Waals surface area contributed by atoms with Crippen molar-refractivity contribution < 1.29 is 9.15 Å². The third-order valence-corrected chi connectivity index (χ3v) is 4.09. The van der Waals surface area contributed by atoms with Gasteiger partial charge in [0.25, 0.3) is 0 Å². The highest BCUT2D eigenvalue weighted by Gasteiger charge is 2.21. The molecule has 2 N–H and O–H groups in total. The van der Waals surface area contributed by atoms with Gasteiger partial charge in [-0.3, -0.25) is 4.68 Å². The van der Waals surface area contributed by atoms with Crippen LogP contribution in [-0.4, -0.2) is 23.5 Å². The van der Waals surface area contributed by atoms with Gasteiger partial charge in [-0.15, -0.1) is 0 Å². The van der Waals surface area contributed by atoms with Crippen molar-refractivity contribution in [2.75, 3.05) is 13.7 Å². The molecule has 0 aliphatic carbocycles. The van der Waals surface area contributed by atoms with Gasteiger partial charge in [0.05, 0.1) is 41.8 Å². The number of para-hydroxylation sites is 1. The lowest BCUT2D eigenvalue weighted by Crippen LogP contribution is -2.19. The monoisotopic (exact) mass is 349 g/mol. The SMILES string of the molecule is COCCn1ncc(Br)c1C(N)c1coc2ccccc12. The maximum absolute atomic E-state index is 6.45. The topological polar surface area (TPSA) is 66.2 Å². The molecule has 0 fully saturated rings. The van der Waals surface area contributed by atoms with E-state index in [1.807, 2.05) is 28.9 Å². The lowest BCUT2D eigenvalue weighted by molar-refractivity contribution is 0.182. The Balaban J connectivity index is 2.02. The molecule has 0 aliphatic rings. The Hall–Kier alpha value is -1.63. The highest BCUT2D eigenvalue weighted by Crippen LogP contribution is 2.32. The van der Waals surface area contributed by atoms with E-state index in [0.29, 0.717) is 13.2 Å². The smallest absolute Gasteiger partial charge is 0.134 e. The number of ether oxygens (including phenoxy) is 1. The van der Waals surface area contributed by atoms with Gasteiger partial charge < -0.3 is 14.9 Å². The number of hydrogen-bond donors (Lipinski definition) is 1. The summed E-state index contributed by atoms with van der Waals surface area (Å²) in [5.74, 6) is 0. The maximum Gasteiger partial charge on any atom is 0.134 e. The highest BCUT2D eigenvalue weighted by molar-refractivity contribution is 9.10. The van der Waals surface area contributed by atoms with E-state index in [4.69, 9.17) is 14.9 Å². The second kappa shape index (κ2) is 6.01. The molecule has 1 atom stereocenters. The molecule has 0 saturated carbocycles. The summed E-state index contributed by atoms with van der Waals surface area (Å²) < 4.78 is 13.4. The van der Waals surface area contributed by atoms with Crippen LogP contribution in [0.25, 0.3) is 11.0 Å². The van der Waals surface area contributed by atoms with Crippen LogP contribution in [0.1, 0.15) is 17.3 Å². The summed E-state index contributed by atoms with van der Waals surface area (Å²) in [6.07, 6.45) is 3.47. The molecule has 3 rings (SSSR count). The molecule has 0 bridgehead atoms. The summed E-state index contributed by atoms with van der Waals surface area (Å²) in [6.45, 7) is 1.24. The average Bonchev–Trinajstić information content (AvgIpc) is 3.08. The van der Waals surface area contributed by atoms with Gasteiger partial charge in [-0.2, -0.15) is 5.10 Å².